The minimum Gasteiger partial charge on any atom is -0.481 e. The van der Waals surface area contributed by atoms with Crippen molar-refractivity contribution in [3.05, 3.63) is 0 Å². The third kappa shape index (κ3) is 16.5. The van der Waals surface area contributed by atoms with Crippen molar-refractivity contribution in [3.8, 4) is 0 Å². The Bertz CT molecular complexity index is 1810. The van der Waals surface area contributed by atoms with E-state index in [2.05, 4.69) is 5.32 Å². The zero-order valence-electron chi connectivity index (χ0n) is 42.9. The Morgan fingerprint density at radius 3 is 1.01 bits per heavy atom. The second-order valence-electron chi connectivity index (χ2n) is 19.9. The number of amides is 1. The van der Waals surface area contributed by atoms with Gasteiger partial charge in [0.05, 0.1) is 87.9 Å². The number of carbonyl (C=O) groups excluding carboxylic acids is 1. The number of hydrogen-bond donors (Lipinski definition) is 20. The highest BCUT2D eigenvalue weighted by atomic mass is 16.7. The van der Waals surface area contributed by atoms with Crippen LogP contribution in [0.5, 0.6) is 0 Å². The molecule has 0 radical (unpaired) electrons. The first-order valence-corrected chi connectivity index (χ1v) is 24.9. The second kappa shape index (κ2) is 29.7. The molecule has 6 fully saturated rings. The summed E-state index contributed by atoms with van der Waals surface area (Å²) < 4.78 is 48.5. The van der Waals surface area contributed by atoms with Crippen LogP contribution in [0.15, 0.2) is 0 Å². The summed E-state index contributed by atoms with van der Waals surface area (Å²) in [6.45, 7) is 6.14. The first-order chi connectivity index (χ1) is 36.4. The van der Waals surface area contributed by atoms with Gasteiger partial charge in [0.1, 0.15) is 97.7 Å². The smallest absolute Gasteiger partial charge is 0.306 e. The zero-order valence-corrected chi connectivity index (χ0v) is 42.9. The Morgan fingerprint density at radius 2 is 0.692 bits per heavy atom. The van der Waals surface area contributed by atoms with Crippen molar-refractivity contribution < 1.29 is 159 Å². The number of carbonyl (C=O) groups is 4. The van der Waals surface area contributed by atoms with Crippen molar-refractivity contribution in [3.63, 3.8) is 0 Å². The first-order valence-electron chi connectivity index (χ1n) is 24.9. The summed E-state index contributed by atoms with van der Waals surface area (Å²) in [7, 11) is 0. The molecule has 33 heteroatoms. The van der Waals surface area contributed by atoms with Gasteiger partial charge >= 0.3 is 17.9 Å². The number of rotatable bonds is 16. The molecule has 0 aromatic rings. The number of hydrogen-bond acceptors (Lipinski definition) is 29. The molecule has 6 heterocycles. The molecule has 0 bridgehead atoms. The van der Waals surface area contributed by atoms with Crippen LogP contribution in [-0.4, -0.2) is 312 Å². The highest BCUT2D eigenvalue weighted by molar-refractivity contribution is 5.73. The lowest BCUT2D eigenvalue weighted by molar-refractivity contribution is -0.347. The van der Waals surface area contributed by atoms with Crippen LogP contribution in [-0.2, 0) is 61.8 Å². The summed E-state index contributed by atoms with van der Waals surface area (Å²) in [6.07, 6.45) is -38.6. The Morgan fingerprint density at radius 1 is 0.385 bits per heavy atom. The van der Waals surface area contributed by atoms with Crippen molar-refractivity contribution in [1.82, 2.24) is 5.32 Å². The van der Waals surface area contributed by atoms with Gasteiger partial charge in [-0.25, -0.2) is 0 Å². The molecule has 33 nitrogen and oxygen atoms in total. The fourth-order valence-corrected chi connectivity index (χ4v) is 9.44. The van der Waals surface area contributed by atoms with E-state index in [1.165, 1.54) is 13.8 Å². The number of carboxylic acid groups (broad SMARTS) is 3. The SMILES string of the molecule is CC(=O)NC1C(C)OC(CO)C(OC2OC(CC(=O)O)C(O)C(O)C2O)C1O.CC1C(O)OC(CO)C(OC2OC(CC(=O)O)C(O)C(O)C2O)C1O.CC1OC(CO)C(OC2OC(CC(=O)O)C(O)C(O)C2O)C(O)C1C. The van der Waals surface area contributed by atoms with E-state index in [-0.39, 0.29) is 12.0 Å². The van der Waals surface area contributed by atoms with Gasteiger partial charge in [0.2, 0.25) is 5.91 Å². The lowest BCUT2D eigenvalue weighted by Gasteiger charge is -2.46. The van der Waals surface area contributed by atoms with E-state index in [0.29, 0.717) is 0 Å². The van der Waals surface area contributed by atoms with Crippen LogP contribution in [0.3, 0.4) is 0 Å². The Balaban J connectivity index is 0.000000253. The molecular weight excluding hydrogens is 1070 g/mol. The summed E-state index contributed by atoms with van der Waals surface area (Å²) in [5.41, 5.74) is 0. The van der Waals surface area contributed by atoms with Crippen molar-refractivity contribution in [2.45, 2.75) is 225 Å². The van der Waals surface area contributed by atoms with Crippen molar-refractivity contribution in [2.75, 3.05) is 19.8 Å². The lowest BCUT2D eigenvalue weighted by atomic mass is 9.88. The minimum atomic E-state index is -1.76. The topological polar surface area (TPSA) is 548 Å². The fraction of sp³-hybridized carbons (Fsp3) is 0.911. The van der Waals surface area contributed by atoms with E-state index in [4.69, 9.17) is 58.0 Å². The van der Waals surface area contributed by atoms with Crippen LogP contribution in [0.1, 0.15) is 53.9 Å². The van der Waals surface area contributed by atoms with Crippen LogP contribution < -0.4 is 5.32 Å². The second-order valence-corrected chi connectivity index (χ2v) is 19.9. The number of aliphatic carboxylic acids is 3. The van der Waals surface area contributed by atoms with Gasteiger partial charge in [-0.15, -0.1) is 0 Å². The average molecular weight is 1140 g/mol. The molecule has 454 valence electrons. The molecule has 0 saturated carbocycles. The summed E-state index contributed by atoms with van der Waals surface area (Å²) in [5.74, 6) is -5.41. The van der Waals surface area contributed by atoms with E-state index >= 15 is 0 Å². The number of aliphatic hydroxyl groups is 16. The van der Waals surface area contributed by atoms with Crippen LogP contribution in [0, 0.1) is 11.8 Å². The monoisotopic (exact) mass is 1140 g/mol. The summed E-state index contributed by atoms with van der Waals surface area (Å²) >= 11 is 0. The molecule has 30 atom stereocenters. The van der Waals surface area contributed by atoms with Gasteiger partial charge in [0.25, 0.3) is 0 Å². The highest BCUT2D eigenvalue weighted by Crippen LogP contribution is 2.35. The van der Waals surface area contributed by atoms with E-state index in [0.717, 1.165) is 0 Å². The third-order valence-corrected chi connectivity index (χ3v) is 14.3. The molecule has 6 rings (SSSR count). The zero-order chi connectivity index (χ0) is 58.9. The molecule has 1 amide bonds. The first kappa shape index (κ1) is 67.4. The predicted octanol–water partition coefficient (Wildman–Crippen LogP) is -9.91. The predicted molar refractivity (Wildman–Crippen MR) is 246 cm³/mol. The molecule has 30 unspecified atom stereocenters. The molecule has 78 heavy (non-hydrogen) atoms. The van der Waals surface area contributed by atoms with Crippen molar-refractivity contribution >= 4 is 23.8 Å². The number of ether oxygens (including phenoxy) is 9. The average Bonchev–Trinajstić information content (AvgIpc) is 3.39. The van der Waals surface area contributed by atoms with Gasteiger partial charge in [0.15, 0.2) is 25.2 Å². The van der Waals surface area contributed by atoms with Crippen LogP contribution in [0.2, 0.25) is 0 Å². The molecule has 6 aliphatic rings. The molecule has 0 spiro atoms. The molecule has 0 aliphatic carbocycles. The quantitative estimate of drug-likeness (QED) is 0.0682. The van der Waals surface area contributed by atoms with Gasteiger partial charge in [-0.3, -0.25) is 19.2 Å². The van der Waals surface area contributed by atoms with Crippen molar-refractivity contribution in [1.29, 1.82) is 0 Å². The normalized spacial score (nSPS) is 46.8. The standard InChI is InChI=1S/C16H27NO11.C15H26O10.C14H24O11/c1-5-10(17-6(2)19)12(23)15(8(4-18)26-5)28-16-14(25)13(24)11(22)7(27-16)3-9(20)21;1-5-6(2)23-8(4-16)14(10(5)19)25-15-13(22)12(21)11(20)7(24-15)3-9(17)18;1-4-8(18)12(6(3-15)23-13(4)22)25-14-11(21)10(20)9(19)5(24-14)2-7(16)17/h5,7-8,10-16,18,22-25H,3-4H2,1-2H3,(H,17,19)(H,20,21);5-8,10-16,19-22H,3-4H2,1-2H3,(H,17,18);4-6,8-15,18-22H,2-3H2,1H3,(H,16,17). The van der Waals surface area contributed by atoms with E-state index in [9.17, 15) is 101 Å². The molecule has 0 aromatic carbocycles. The maximum Gasteiger partial charge on any atom is 0.306 e. The number of nitrogens with one attached hydrogen (secondary N) is 1. The molecule has 6 aliphatic heterocycles. The van der Waals surface area contributed by atoms with Gasteiger partial charge in [-0.05, 0) is 13.8 Å². The summed E-state index contributed by atoms with van der Waals surface area (Å²) in [5, 5.41) is 188. The summed E-state index contributed by atoms with van der Waals surface area (Å²) in [4.78, 5) is 44.0. The fourth-order valence-electron chi connectivity index (χ4n) is 9.44. The largest absolute Gasteiger partial charge is 0.481 e. The highest BCUT2D eigenvalue weighted by Gasteiger charge is 2.53. The Kier molecular flexibility index (Phi) is 25.7. The third-order valence-electron chi connectivity index (χ3n) is 14.3. The number of aliphatic hydroxyl groups excluding tert-OH is 16. The Hall–Kier alpha value is -3.12. The van der Waals surface area contributed by atoms with E-state index in [1.54, 1.807) is 20.8 Å². The van der Waals surface area contributed by atoms with Crippen LogP contribution in [0.4, 0.5) is 0 Å². The number of carboxylic acids is 3. The lowest BCUT2D eigenvalue weighted by Crippen LogP contribution is -2.66. The van der Waals surface area contributed by atoms with E-state index in [1.807, 2.05) is 0 Å². The van der Waals surface area contributed by atoms with Gasteiger partial charge in [-0.1, -0.05) is 13.8 Å². The maximum atomic E-state index is 11.4. The van der Waals surface area contributed by atoms with Gasteiger partial charge in [-0.2, -0.15) is 0 Å². The van der Waals surface area contributed by atoms with Crippen LogP contribution >= 0.6 is 0 Å². The minimum absolute atomic E-state index is 0.334. The van der Waals surface area contributed by atoms with E-state index < -0.39 is 234 Å². The summed E-state index contributed by atoms with van der Waals surface area (Å²) in [6, 6.07) is -0.892. The molecule has 6 saturated heterocycles. The Labute approximate surface area is 444 Å². The van der Waals surface area contributed by atoms with Gasteiger partial charge < -0.3 is 145 Å². The molecule has 0 aromatic heterocycles. The maximum absolute atomic E-state index is 11.4. The van der Waals surface area contributed by atoms with Crippen LogP contribution in [0.25, 0.3) is 0 Å². The molecule has 20 N–H and O–H groups in total. The van der Waals surface area contributed by atoms with Crippen molar-refractivity contribution in [2.24, 2.45) is 11.8 Å². The van der Waals surface area contributed by atoms with Gasteiger partial charge in [0, 0.05) is 18.8 Å². The molecular formula is C45H77NO32.